The Kier molecular flexibility index (Phi) is 3.55. The summed E-state index contributed by atoms with van der Waals surface area (Å²) in [6, 6.07) is 13.8. The fraction of sp³-hybridized carbons (Fsp3) is 0.353. The predicted octanol–water partition coefficient (Wildman–Crippen LogP) is 2.13. The third kappa shape index (κ3) is 3.00. The van der Waals surface area contributed by atoms with Crippen LogP contribution in [-0.4, -0.2) is 39.2 Å². The average Bonchev–Trinajstić information content (AvgIpc) is 3.06. The first-order valence-electron chi connectivity index (χ1n) is 7.26. The monoisotopic (exact) mass is 284 g/mol. The number of carbonyl (C=O) groups excluding carboxylic acids is 1. The number of hydrogen-bond donors (Lipinski definition) is 1. The summed E-state index contributed by atoms with van der Waals surface area (Å²) in [5.74, 6) is -0.00583. The Morgan fingerprint density at radius 1 is 1.24 bits per heavy atom. The van der Waals surface area contributed by atoms with Crippen molar-refractivity contribution in [2.75, 3.05) is 13.1 Å². The van der Waals surface area contributed by atoms with Gasteiger partial charge in [-0.15, -0.1) is 0 Å². The van der Waals surface area contributed by atoms with Gasteiger partial charge < -0.3 is 14.6 Å². The first-order valence-corrected chi connectivity index (χ1v) is 7.26. The van der Waals surface area contributed by atoms with Crippen LogP contribution < -0.4 is 0 Å². The fourth-order valence-corrected chi connectivity index (χ4v) is 2.81. The van der Waals surface area contributed by atoms with Crippen molar-refractivity contribution >= 4 is 5.91 Å². The molecule has 1 aliphatic heterocycles. The molecule has 4 nitrogen and oxygen atoms in total. The molecule has 0 radical (unpaired) electrons. The number of carbonyl (C=O) groups is 1. The van der Waals surface area contributed by atoms with Crippen LogP contribution in [0.3, 0.4) is 0 Å². The topological polar surface area (TPSA) is 45.5 Å². The second kappa shape index (κ2) is 5.37. The van der Waals surface area contributed by atoms with Crippen molar-refractivity contribution in [3.05, 3.63) is 59.9 Å². The zero-order chi connectivity index (χ0) is 14.9. The Hall–Kier alpha value is -2.07. The molecule has 110 valence electrons. The maximum atomic E-state index is 12.6. The van der Waals surface area contributed by atoms with Gasteiger partial charge in [-0.05, 0) is 31.0 Å². The molecule has 1 N–H and O–H groups in total. The van der Waals surface area contributed by atoms with Crippen molar-refractivity contribution in [3.63, 3.8) is 0 Å². The second-order valence-electron chi connectivity index (χ2n) is 5.98. The number of hydrogen-bond acceptors (Lipinski definition) is 2. The summed E-state index contributed by atoms with van der Waals surface area (Å²) in [6.45, 7) is 3.48. The number of aliphatic hydroxyl groups is 1. The Balaban J connectivity index is 1.78. The van der Waals surface area contributed by atoms with Crippen LogP contribution in [0.1, 0.15) is 29.4 Å². The van der Waals surface area contributed by atoms with E-state index in [-0.39, 0.29) is 5.91 Å². The molecule has 1 aromatic heterocycles. The highest BCUT2D eigenvalue weighted by Crippen LogP contribution is 2.22. The van der Waals surface area contributed by atoms with Gasteiger partial charge in [0.15, 0.2) is 0 Å². The molecule has 1 fully saturated rings. The Labute approximate surface area is 124 Å². The van der Waals surface area contributed by atoms with E-state index in [9.17, 15) is 9.90 Å². The molecule has 0 bridgehead atoms. The van der Waals surface area contributed by atoms with E-state index in [1.54, 1.807) is 11.8 Å². The zero-order valence-corrected chi connectivity index (χ0v) is 12.2. The molecule has 1 unspecified atom stereocenters. The minimum absolute atomic E-state index is 0.00583. The lowest BCUT2D eigenvalue weighted by Crippen LogP contribution is -2.34. The van der Waals surface area contributed by atoms with Crippen molar-refractivity contribution in [2.24, 2.45) is 0 Å². The van der Waals surface area contributed by atoms with E-state index in [0.29, 0.717) is 31.7 Å². The maximum Gasteiger partial charge on any atom is 0.270 e. The van der Waals surface area contributed by atoms with E-state index in [1.807, 2.05) is 41.1 Å². The maximum absolute atomic E-state index is 12.6. The number of rotatable bonds is 3. The highest BCUT2D eigenvalue weighted by Gasteiger charge is 2.34. The van der Waals surface area contributed by atoms with Gasteiger partial charge in [0.05, 0.1) is 5.60 Å². The number of likely N-dealkylation sites (tertiary alicyclic amines) is 1. The van der Waals surface area contributed by atoms with Crippen molar-refractivity contribution < 1.29 is 9.90 Å². The first kappa shape index (κ1) is 13.9. The molecule has 0 spiro atoms. The lowest BCUT2D eigenvalue weighted by molar-refractivity contribution is 0.0566. The van der Waals surface area contributed by atoms with Crippen molar-refractivity contribution in [3.8, 4) is 0 Å². The molecule has 0 aliphatic carbocycles. The summed E-state index contributed by atoms with van der Waals surface area (Å²) in [5, 5.41) is 10.0. The molecular weight excluding hydrogens is 264 g/mol. The standard InChI is InChI=1S/C17H20N2O2/c1-17(21)9-11-19(13-17)16(20)15-8-5-10-18(15)12-14-6-3-2-4-7-14/h2-8,10,21H,9,11-13H2,1H3. The van der Waals surface area contributed by atoms with E-state index in [4.69, 9.17) is 0 Å². The van der Waals surface area contributed by atoms with Gasteiger partial charge in [0.1, 0.15) is 5.69 Å². The molecule has 1 aliphatic rings. The summed E-state index contributed by atoms with van der Waals surface area (Å²) >= 11 is 0. The van der Waals surface area contributed by atoms with Gasteiger partial charge in [-0.1, -0.05) is 30.3 Å². The largest absolute Gasteiger partial charge is 0.388 e. The Morgan fingerprint density at radius 3 is 2.67 bits per heavy atom. The van der Waals surface area contributed by atoms with Crippen LogP contribution in [0.2, 0.25) is 0 Å². The summed E-state index contributed by atoms with van der Waals surface area (Å²) in [5.41, 5.74) is 1.08. The Bertz CT molecular complexity index is 631. The van der Waals surface area contributed by atoms with Gasteiger partial charge in [0.25, 0.3) is 5.91 Å². The molecule has 1 amide bonds. The molecule has 1 atom stereocenters. The van der Waals surface area contributed by atoms with Crippen molar-refractivity contribution in [1.29, 1.82) is 0 Å². The van der Waals surface area contributed by atoms with Crippen LogP contribution in [0, 0.1) is 0 Å². The van der Waals surface area contributed by atoms with E-state index >= 15 is 0 Å². The van der Waals surface area contributed by atoms with Gasteiger partial charge in [-0.3, -0.25) is 4.79 Å². The first-order chi connectivity index (χ1) is 10.1. The fourth-order valence-electron chi connectivity index (χ4n) is 2.81. The number of benzene rings is 1. The lowest BCUT2D eigenvalue weighted by Gasteiger charge is -2.20. The van der Waals surface area contributed by atoms with Crippen LogP contribution in [0.15, 0.2) is 48.7 Å². The second-order valence-corrected chi connectivity index (χ2v) is 5.98. The molecule has 2 heterocycles. The molecular formula is C17H20N2O2. The minimum Gasteiger partial charge on any atom is -0.388 e. The highest BCUT2D eigenvalue weighted by molar-refractivity contribution is 5.93. The lowest BCUT2D eigenvalue weighted by atomic mass is 10.1. The molecule has 2 aromatic rings. The SMILES string of the molecule is CC1(O)CCN(C(=O)c2cccn2Cc2ccccc2)C1. The Morgan fingerprint density at radius 2 is 2.00 bits per heavy atom. The van der Waals surface area contributed by atoms with Crippen LogP contribution in [0.4, 0.5) is 0 Å². The third-order valence-corrected chi connectivity index (χ3v) is 3.98. The molecule has 1 saturated heterocycles. The predicted molar refractivity (Wildman–Crippen MR) is 81.1 cm³/mol. The summed E-state index contributed by atoms with van der Waals surface area (Å²) < 4.78 is 1.96. The summed E-state index contributed by atoms with van der Waals surface area (Å²) in [6.07, 6.45) is 2.56. The zero-order valence-electron chi connectivity index (χ0n) is 12.2. The van der Waals surface area contributed by atoms with Crippen LogP contribution in [-0.2, 0) is 6.54 Å². The number of aromatic nitrogens is 1. The number of amides is 1. The van der Waals surface area contributed by atoms with Gasteiger partial charge in [0, 0.05) is 25.8 Å². The van der Waals surface area contributed by atoms with Crippen LogP contribution in [0.5, 0.6) is 0 Å². The van der Waals surface area contributed by atoms with Crippen LogP contribution >= 0.6 is 0 Å². The normalized spacial score (nSPS) is 21.7. The van der Waals surface area contributed by atoms with Gasteiger partial charge in [-0.2, -0.15) is 0 Å². The molecule has 1 aromatic carbocycles. The molecule has 3 rings (SSSR count). The smallest absolute Gasteiger partial charge is 0.270 e. The van der Waals surface area contributed by atoms with E-state index in [1.165, 1.54) is 0 Å². The summed E-state index contributed by atoms with van der Waals surface area (Å²) in [4.78, 5) is 14.3. The minimum atomic E-state index is -0.757. The number of nitrogens with zero attached hydrogens (tertiary/aromatic N) is 2. The van der Waals surface area contributed by atoms with E-state index < -0.39 is 5.60 Å². The van der Waals surface area contributed by atoms with Crippen LogP contribution in [0.25, 0.3) is 0 Å². The third-order valence-electron chi connectivity index (χ3n) is 3.98. The molecule has 0 saturated carbocycles. The van der Waals surface area contributed by atoms with Gasteiger partial charge in [-0.25, -0.2) is 0 Å². The quantitative estimate of drug-likeness (QED) is 0.938. The van der Waals surface area contributed by atoms with Gasteiger partial charge >= 0.3 is 0 Å². The highest BCUT2D eigenvalue weighted by atomic mass is 16.3. The van der Waals surface area contributed by atoms with Crippen molar-refractivity contribution in [2.45, 2.75) is 25.5 Å². The summed E-state index contributed by atoms with van der Waals surface area (Å²) in [7, 11) is 0. The molecule has 21 heavy (non-hydrogen) atoms. The molecule has 4 heteroatoms. The number of β-amino-alcohol motifs (C(OH)–C–C–N with tert-alkyl or cyclic N) is 1. The van der Waals surface area contributed by atoms with Crippen molar-refractivity contribution in [1.82, 2.24) is 9.47 Å². The van der Waals surface area contributed by atoms with E-state index in [0.717, 1.165) is 5.56 Å². The average molecular weight is 284 g/mol. The van der Waals surface area contributed by atoms with E-state index in [2.05, 4.69) is 12.1 Å². The van der Waals surface area contributed by atoms with Gasteiger partial charge in [0.2, 0.25) is 0 Å².